The van der Waals surface area contributed by atoms with Crippen molar-refractivity contribution in [1.82, 2.24) is 0 Å². The van der Waals surface area contributed by atoms with Crippen molar-refractivity contribution in [2.45, 2.75) is 95.3 Å². The highest BCUT2D eigenvalue weighted by molar-refractivity contribution is 9.12. The van der Waals surface area contributed by atoms with Crippen LogP contribution in [0.2, 0.25) is 0 Å². The summed E-state index contributed by atoms with van der Waals surface area (Å²) in [4.78, 5) is 24.7. The van der Waals surface area contributed by atoms with Crippen LogP contribution in [0.4, 0.5) is 4.39 Å². The van der Waals surface area contributed by atoms with Crippen LogP contribution in [0.15, 0.2) is 22.2 Å². The Morgan fingerprint density at radius 3 is 2.64 bits per heavy atom. The van der Waals surface area contributed by atoms with Gasteiger partial charge in [0.05, 0.1) is 14.9 Å². The molecule has 0 heterocycles. The predicted octanol–water partition coefficient (Wildman–Crippen LogP) is 6.19. The summed E-state index contributed by atoms with van der Waals surface area (Å²) in [5, 5.41) is 11.8. The maximum Gasteiger partial charge on any atom is 0.305 e. The first-order valence-electron chi connectivity index (χ1n) is 12.3. The summed E-state index contributed by atoms with van der Waals surface area (Å²) in [6, 6.07) is 0. The normalized spacial score (nSPS) is 46.6. The third-order valence-electron chi connectivity index (χ3n) is 9.22. The summed E-state index contributed by atoms with van der Waals surface area (Å²) in [5.41, 5.74) is -0.785. The second-order valence-corrected chi connectivity index (χ2v) is 13.0. The second kappa shape index (κ2) is 8.85. The quantitative estimate of drug-likeness (QED) is 0.307. The van der Waals surface area contributed by atoms with Gasteiger partial charge < -0.3 is 9.84 Å². The fraction of sp³-hybridized carbons (Fsp3) is 0.769. The topological polar surface area (TPSA) is 63.6 Å². The van der Waals surface area contributed by atoms with Crippen LogP contribution < -0.4 is 0 Å². The number of rotatable bonds is 5. The Morgan fingerprint density at radius 2 is 2.00 bits per heavy atom. The molecule has 0 aromatic heterocycles. The zero-order chi connectivity index (χ0) is 24.3. The number of hydrogen-bond donors (Lipinski definition) is 1. The van der Waals surface area contributed by atoms with E-state index in [2.05, 4.69) is 45.7 Å². The molecule has 3 saturated carbocycles. The van der Waals surface area contributed by atoms with Gasteiger partial charge in [-0.3, -0.25) is 9.59 Å². The minimum atomic E-state index is -1.28. The smallest absolute Gasteiger partial charge is 0.305 e. The summed E-state index contributed by atoms with van der Waals surface area (Å²) < 4.78 is 21.4. The Bertz CT molecular complexity index is 903. The lowest BCUT2D eigenvalue weighted by molar-refractivity contribution is -0.171. The zero-order valence-electron chi connectivity index (χ0n) is 19.9. The van der Waals surface area contributed by atoms with Gasteiger partial charge in [0.2, 0.25) is 0 Å². The largest absolute Gasteiger partial charge is 0.461 e. The van der Waals surface area contributed by atoms with Crippen LogP contribution >= 0.6 is 31.9 Å². The highest BCUT2D eigenvalue weighted by Gasteiger charge is 2.72. The number of hydrogen-bond acceptors (Lipinski definition) is 4. The van der Waals surface area contributed by atoms with E-state index in [9.17, 15) is 14.7 Å². The average molecular weight is 590 g/mol. The van der Waals surface area contributed by atoms with E-state index in [1.54, 1.807) is 13.0 Å². The number of esters is 1. The third kappa shape index (κ3) is 3.49. The number of unbranched alkanes of at least 4 members (excludes halogenated alkanes) is 1. The van der Waals surface area contributed by atoms with Gasteiger partial charge in [-0.05, 0) is 71.0 Å². The summed E-state index contributed by atoms with van der Waals surface area (Å²) in [6.07, 6.45) is 5.67. The third-order valence-corrected chi connectivity index (χ3v) is 12.0. The van der Waals surface area contributed by atoms with E-state index in [0.717, 1.165) is 25.7 Å². The molecule has 9 atom stereocenters. The van der Waals surface area contributed by atoms with E-state index in [-0.39, 0.29) is 51.9 Å². The number of alkyl halides is 2. The van der Waals surface area contributed by atoms with E-state index in [1.807, 2.05) is 6.92 Å². The molecule has 4 aliphatic rings. The van der Waals surface area contributed by atoms with Crippen molar-refractivity contribution >= 4 is 43.6 Å². The van der Waals surface area contributed by atoms with Crippen molar-refractivity contribution < 1.29 is 23.8 Å². The highest BCUT2D eigenvalue weighted by atomic mass is 79.9. The molecule has 0 radical (unpaired) electrons. The molecular formula is C26H35Br2FO4. The molecule has 4 nitrogen and oxygen atoms in total. The Hall–Kier alpha value is -0.530. The monoisotopic (exact) mass is 588 g/mol. The van der Waals surface area contributed by atoms with Gasteiger partial charge in [0.15, 0.2) is 5.78 Å². The molecule has 0 unspecified atom stereocenters. The molecule has 4 aliphatic carbocycles. The van der Waals surface area contributed by atoms with Crippen LogP contribution in [0.5, 0.6) is 0 Å². The molecule has 0 aliphatic heterocycles. The first-order chi connectivity index (χ1) is 15.5. The number of carbonyl (C=O) groups excluding carboxylic acids is 2. The van der Waals surface area contributed by atoms with E-state index in [4.69, 9.17) is 4.74 Å². The van der Waals surface area contributed by atoms with Crippen LogP contribution in [-0.2, 0) is 14.3 Å². The van der Waals surface area contributed by atoms with Gasteiger partial charge in [0.1, 0.15) is 12.3 Å². The number of ketones is 1. The molecule has 0 saturated heterocycles. The molecule has 0 spiro atoms. The van der Waals surface area contributed by atoms with Crippen molar-refractivity contribution in [1.29, 1.82) is 0 Å². The fourth-order valence-corrected chi connectivity index (χ4v) is 9.59. The Balaban J connectivity index is 1.84. The molecule has 0 aromatic carbocycles. The van der Waals surface area contributed by atoms with Gasteiger partial charge in [-0.1, -0.05) is 62.5 Å². The van der Waals surface area contributed by atoms with E-state index >= 15 is 4.39 Å². The van der Waals surface area contributed by atoms with Crippen LogP contribution in [0.25, 0.3) is 0 Å². The highest BCUT2D eigenvalue weighted by Crippen LogP contribution is 2.72. The zero-order valence-corrected chi connectivity index (χ0v) is 23.0. The van der Waals surface area contributed by atoms with Crippen LogP contribution in [0, 0.1) is 28.6 Å². The number of aliphatic hydroxyl groups is 1. The molecule has 33 heavy (non-hydrogen) atoms. The molecule has 7 heteroatoms. The van der Waals surface area contributed by atoms with Gasteiger partial charge >= 0.3 is 5.97 Å². The van der Waals surface area contributed by atoms with Crippen molar-refractivity contribution in [3.05, 3.63) is 22.2 Å². The fourth-order valence-electron chi connectivity index (χ4n) is 7.78. The maximum absolute atomic E-state index is 15.9. The predicted molar refractivity (Wildman–Crippen MR) is 133 cm³/mol. The Morgan fingerprint density at radius 1 is 1.30 bits per heavy atom. The standard InChI is InChI=1S/C26H35Br2FO4/c1-5-7-9-25-13-19(31)26(28)16(15(25)11-14(3)23(25)33-20(32)6-2)12-17(29)21-22(27)18(30)8-10-24(21,26)4/h8,10,14-17,19,23,31H,5-7,9,11-13H2,1-4H3/t14-,15+,16+,17+,19+,23-,24+,25+,26+/m1/s1. The van der Waals surface area contributed by atoms with Gasteiger partial charge in [-0.2, -0.15) is 0 Å². The van der Waals surface area contributed by atoms with Gasteiger partial charge in [-0.15, -0.1) is 0 Å². The Labute approximate surface area is 213 Å². The molecule has 184 valence electrons. The van der Waals surface area contributed by atoms with E-state index < -0.39 is 22.0 Å². The van der Waals surface area contributed by atoms with Crippen LogP contribution in [0.1, 0.15) is 72.6 Å². The average Bonchev–Trinajstić information content (AvgIpc) is 3.03. The number of fused-ring (bicyclic) bond motifs is 5. The molecule has 3 fully saturated rings. The molecule has 4 rings (SSSR count). The minimum absolute atomic E-state index is 0.109. The van der Waals surface area contributed by atoms with Crippen LogP contribution in [-0.4, -0.2) is 39.6 Å². The van der Waals surface area contributed by atoms with E-state index in [0.29, 0.717) is 18.4 Å². The lowest BCUT2D eigenvalue weighted by Gasteiger charge is -2.64. The first-order valence-corrected chi connectivity index (χ1v) is 13.9. The number of carbonyl (C=O) groups is 2. The number of aliphatic hydroxyl groups excluding tert-OH is 1. The summed E-state index contributed by atoms with van der Waals surface area (Å²) in [5.74, 6) is -0.355. The number of ether oxygens (including phenoxy) is 1. The van der Waals surface area contributed by atoms with Gasteiger partial charge in [0, 0.05) is 17.3 Å². The van der Waals surface area contributed by atoms with Crippen LogP contribution in [0.3, 0.4) is 0 Å². The lowest BCUT2D eigenvalue weighted by atomic mass is 9.46. The maximum atomic E-state index is 15.9. The minimum Gasteiger partial charge on any atom is -0.461 e. The Kier molecular flexibility index (Phi) is 6.85. The molecule has 0 amide bonds. The number of allylic oxidation sites excluding steroid dienone is 4. The molecule has 0 aromatic rings. The van der Waals surface area contributed by atoms with Crippen molar-refractivity contribution in [3.63, 3.8) is 0 Å². The molecule has 1 N–H and O–H groups in total. The molecule has 0 bridgehead atoms. The van der Waals surface area contributed by atoms with Crippen molar-refractivity contribution in [2.75, 3.05) is 0 Å². The van der Waals surface area contributed by atoms with Crippen molar-refractivity contribution in [3.8, 4) is 0 Å². The summed E-state index contributed by atoms with van der Waals surface area (Å²) in [6.45, 7) is 8.01. The second-order valence-electron chi connectivity index (χ2n) is 10.8. The van der Waals surface area contributed by atoms with Gasteiger partial charge in [-0.25, -0.2) is 4.39 Å². The lowest BCUT2D eigenvalue weighted by Crippen LogP contribution is -2.68. The first kappa shape index (κ1) is 25.6. The number of halogens is 3. The van der Waals surface area contributed by atoms with Crippen molar-refractivity contribution in [2.24, 2.45) is 28.6 Å². The molecular weight excluding hydrogens is 555 g/mol. The summed E-state index contributed by atoms with van der Waals surface area (Å²) >= 11 is 7.37. The van der Waals surface area contributed by atoms with Gasteiger partial charge in [0.25, 0.3) is 0 Å². The summed E-state index contributed by atoms with van der Waals surface area (Å²) in [7, 11) is 0. The SMILES string of the molecule is CCCC[C@]12C[C@H](O)[C@@]3(Br)[C@@H](C[C@H](F)C4=C(Br)C(=O)C=C[C@@]43C)[C@@H]1C[C@@H](C)[C@H]2OC(=O)CC. The van der Waals surface area contributed by atoms with E-state index in [1.165, 1.54) is 6.08 Å².